The lowest BCUT2D eigenvalue weighted by Crippen LogP contribution is -2.23. The molecule has 0 aliphatic carbocycles. The van der Waals surface area contributed by atoms with Crippen LogP contribution in [0.15, 0.2) is 74.6 Å². The van der Waals surface area contributed by atoms with Gasteiger partial charge < -0.3 is 22.5 Å². The van der Waals surface area contributed by atoms with Crippen LogP contribution < -0.4 is 22.5 Å². The lowest BCUT2D eigenvalue weighted by molar-refractivity contribution is 0.791. The molecule has 0 aromatic heterocycles. The number of rotatable bonds is 6. The molecule has 0 radical (unpaired) electrons. The largest absolute Gasteiger partial charge is 0.390 e. The lowest BCUT2D eigenvalue weighted by Gasteiger charge is -2.03. The van der Waals surface area contributed by atoms with Gasteiger partial charge in [-0.25, -0.2) is 0 Å². The zero-order valence-corrected chi connectivity index (χ0v) is 25.8. The van der Waals surface area contributed by atoms with Crippen LogP contribution in [-0.4, -0.2) is 32.4 Å². The normalized spacial score (nSPS) is 9.15. The highest BCUT2D eigenvalue weighted by Gasteiger charge is 2.00. The number of hydrogen-bond donors (Lipinski definition) is 5. The molecule has 0 saturated heterocycles. The van der Waals surface area contributed by atoms with Crippen LogP contribution in [0.2, 0.25) is 0 Å². The first-order valence-corrected chi connectivity index (χ1v) is 14.0. The van der Waals surface area contributed by atoms with Crippen molar-refractivity contribution in [1.82, 2.24) is 5.32 Å². The van der Waals surface area contributed by atoms with Gasteiger partial charge in [0.25, 0.3) is 0 Å². The number of guanidine groups is 1. The lowest BCUT2D eigenvalue weighted by atomic mass is 10.1. The summed E-state index contributed by atoms with van der Waals surface area (Å²) in [6.45, 7) is 5.47. The maximum atomic E-state index is 5.86. The second-order valence-electron chi connectivity index (χ2n) is 7.85. The van der Waals surface area contributed by atoms with Gasteiger partial charge in [-0.2, -0.15) is 0 Å². The summed E-state index contributed by atoms with van der Waals surface area (Å²) in [5.74, 6) is 13.1. The Kier molecular flexibility index (Phi) is 16.7. The summed E-state index contributed by atoms with van der Waals surface area (Å²) in [4.78, 5) is 4.05. The molecule has 0 heterocycles. The van der Waals surface area contributed by atoms with Gasteiger partial charge >= 0.3 is 0 Å². The standard InChI is InChI=1S/C28H26Br2N4.C2H6.CH4N2/c1-33-11-9-24-14-22(16-26(29)18-24)7-5-20-3-2-4-21(13-20)6-8-23-15-25(19-27(30)17-23)10-12-34-28(31)32;1-2;2-1-3/h2-4,13-19,33H,9-12H2,1H3,(H4,31,32,34);1-2H3;1H,(H3,2,3). The molecule has 8 N–H and O–H groups in total. The molecule has 6 nitrogen and oxygen atoms in total. The summed E-state index contributed by atoms with van der Waals surface area (Å²) in [6, 6.07) is 20.4. The number of benzene rings is 3. The van der Waals surface area contributed by atoms with Crippen molar-refractivity contribution in [1.29, 1.82) is 5.41 Å². The van der Waals surface area contributed by atoms with Gasteiger partial charge in [-0.15, -0.1) is 0 Å². The molecule has 0 aliphatic rings. The molecule has 0 saturated carbocycles. The van der Waals surface area contributed by atoms with Crippen LogP contribution in [0.3, 0.4) is 0 Å². The summed E-state index contributed by atoms with van der Waals surface area (Å²) in [6.07, 6.45) is 2.45. The minimum Gasteiger partial charge on any atom is -0.390 e. The predicted molar refractivity (Wildman–Crippen MR) is 173 cm³/mol. The quantitative estimate of drug-likeness (QED) is 0.143. The van der Waals surface area contributed by atoms with E-state index < -0.39 is 0 Å². The molecule has 8 heteroatoms. The van der Waals surface area contributed by atoms with E-state index in [0.29, 0.717) is 6.54 Å². The molecule has 0 bridgehead atoms. The van der Waals surface area contributed by atoms with E-state index in [1.54, 1.807) is 0 Å². The zero-order chi connectivity index (χ0) is 29.0. The molecule has 0 atom stereocenters. The first kappa shape index (κ1) is 33.5. The molecule has 0 amide bonds. The van der Waals surface area contributed by atoms with E-state index in [0.717, 1.165) is 62.5 Å². The van der Waals surface area contributed by atoms with Gasteiger partial charge in [0.05, 0.1) is 6.34 Å². The van der Waals surface area contributed by atoms with Crippen LogP contribution in [-0.2, 0) is 12.8 Å². The minimum atomic E-state index is 0.104. The number of aliphatic imine (C=N–C) groups is 1. The highest BCUT2D eigenvalue weighted by molar-refractivity contribution is 9.10. The smallest absolute Gasteiger partial charge is 0.185 e. The van der Waals surface area contributed by atoms with Crippen molar-refractivity contribution in [2.24, 2.45) is 22.2 Å². The summed E-state index contributed by atoms with van der Waals surface area (Å²) < 4.78 is 2.01. The van der Waals surface area contributed by atoms with Gasteiger partial charge in [0, 0.05) is 37.7 Å². The molecular formula is C31H36Br2N6. The Morgan fingerprint density at radius 1 is 0.821 bits per heavy atom. The number of nitrogens with two attached hydrogens (primary N) is 3. The van der Waals surface area contributed by atoms with Crippen molar-refractivity contribution in [3.05, 3.63) is 103 Å². The highest BCUT2D eigenvalue weighted by atomic mass is 79.9. The molecular weight excluding hydrogens is 616 g/mol. The fourth-order valence-electron chi connectivity index (χ4n) is 3.28. The van der Waals surface area contributed by atoms with Crippen LogP contribution in [0.5, 0.6) is 0 Å². The van der Waals surface area contributed by atoms with Crippen molar-refractivity contribution >= 4 is 44.2 Å². The summed E-state index contributed by atoms with van der Waals surface area (Å²) in [5.41, 5.74) is 21.3. The Labute approximate surface area is 249 Å². The van der Waals surface area contributed by atoms with E-state index in [1.807, 2.05) is 57.3 Å². The summed E-state index contributed by atoms with van der Waals surface area (Å²) in [5, 5.41) is 9.04. The zero-order valence-electron chi connectivity index (χ0n) is 22.6. The van der Waals surface area contributed by atoms with E-state index in [9.17, 15) is 0 Å². The van der Waals surface area contributed by atoms with E-state index in [4.69, 9.17) is 16.9 Å². The number of nitrogens with zero attached hydrogens (tertiary/aromatic N) is 1. The molecule has 204 valence electrons. The first-order valence-electron chi connectivity index (χ1n) is 12.5. The monoisotopic (exact) mass is 650 g/mol. The average Bonchev–Trinajstić information content (AvgIpc) is 2.91. The second kappa shape index (κ2) is 19.5. The Morgan fingerprint density at radius 2 is 1.28 bits per heavy atom. The topological polar surface area (TPSA) is 126 Å². The van der Waals surface area contributed by atoms with Crippen LogP contribution >= 0.6 is 31.9 Å². The molecule has 3 aromatic carbocycles. The van der Waals surface area contributed by atoms with Crippen molar-refractivity contribution in [3.63, 3.8) is 0 Å². The molecule has 0 fully saturated rings. The summed E-state index contributed by atoms with van der Waals surface area (Å²) >= 11 is 7.15. The maximum Gasteiger partial charge on any atom is 0.185 e. The Hall–Kier alpha value is -3.56. The first-order chi connectivity index (χ1) is 18.8. The van der Waals surface area contributed by atoms with Gasteiger partial charge in [-0.3, -0.25) is 10.4 Å². The Bertz CT molecular complexity index is 1360. The van der Waals surface area contributed by atoms with E-state index in [2.05, 4.69) is 95.8 Å². The van der Waals surface area contributed by atoms with Gasteiger partial charge in [0.2, 0.25) is 0 Å². The predicted octanol–water partition coefficient (Wildman–Crippen LogP) is 5.17. The van der Waals surface area contributed by atoms with Crippen LogP contribution in [0.1, 0.15) is 47.2 Å². The maximum absolute atomic E-state index is 5.86. The average molecular weight is 652 g/mol. The number of likely N-dealkylation sites (N-methyl/N-ethyl adjacent to an activating group) is 1. The molecule has 0 aliphatic heterocycles. The van der Waals surface area contributed by atoms with Crippen LogP contribution in [0.25, 0.3) is 0 Å². The van der Waals surface area contributed by atoms with Crippen LogP contribution in [0.4, 0.5) is 0 Å². The SMILES string of the molecule is CC.CNCCc1cc(Br)cc(C#Cc2cccc(C#Cc3cc(Br)cc(CCN=C(N)N)c3)c2)c1.N=CN. The van der Waals surface area contributed by atoms with Crippen LogP contribution in [0, 0.1) is 29.1 Å². The second-order valence-corrected chi connectivity index (χ2v) is 9.69. The van der Waals surface area contributed by atoms with E-state index in [1.165, 1.54) is 5.56 Å². The van der Waals surface area contributed by atoms with Crippen molar-refractivity contribution in [2.75, 3.05) is 20.1 Å². The Balaban J connectivity index is 0.00000142. The van der Waals surface area contributed by atoms with E-state index >= 15 is 0 Å². The summed E-state index contributed by atoms with van der Waals surface area (Å²) in [7, 11) is 1.96. The fraction of sp³-hybridized carbons (Fsp3) is 0.226. The van der Waals surface area contributed by atoms with Gasteiger partial charge in [-0.05, 0) is 92.2 Å². The van der Waals surface area contributed by atoms with Crippen molar-refractivity contribution in [2.45, 2.75) is 26.7 Å². The minimum absolute atomic E-state index is 0.104. The third-order valence-corrected chi connectivity index (χ3v) is 5.75. The molecule has 3 rings (SSSR count). The Morgan fingerprint density at radius 3 is 1.74 bits per heavy atom. The highest BCUT2D eigenvalue weighted by Crippen LogP contribution is 2.17. The fourth-order valence-corrected chi connectivity index (χ4v) is 4.36. The van der Waals surface area contributed by atoms with Crippen molar-refractivity contribution in [3.8, 4) is 23.7 Å². The number of halogens is 2. The van der Waals surface area contributed by atoms with Crippen molar-refractivity contribution < 1.29 is 0 Å². The third-order valence-electron chi connectivity index (χ3n) is 4.84. The van der Waals surface area contributed by atoms with Gasteiger partial charge in [-0.1, -0.05) is 75.5 Å². The number of nitrogens with one attached hydrogen (secondary N) is 2. The molecule has 0 unspecified atom stereocenters. The molecule has 3 aromatic rings. The third kappa shape index (κ3) is 14.2. The van der Waals surface area contributed by atoms with Gasteiger partial charge in [0.1, 0.15) is 0 Å². The molecule has 39 heavy (non-hydrogen) atoms. The number of hydrogen-bond acceptors (Lipinski definition) is 3. The van der Waals surface area contributed by atoms with E-state index in [-0.39, 0.29) is 5.96 Å². The van der Waals surface area contributed by atoms with Gasteiger partial charge in [0.15, 0.2) is 5.96 Å². The molecule has 0 spiro atoms.